The average Bonchev–Trinajstić information content (AvgIpc) is 2.21. The molecule has 1 aliphatic heterocycles. The van der Waals surface area contributed by atoms with Crippen molar-refractivity contribution in [3.8, 4) is 0 Å². The largest absolute Gasteiger partial charge is 1.00 e. The second-order valence-corrected chi connectivity index (χ2v) is 4.27. The van der Waals surface area contributed by atoms with E-state index in [1.165, 1.54) is 6.07 Å². The van der Waals surface area contributed by atoms with Crippen LogP contribution < -0.4 is 23.8 Å². The molecule has 0 amide bonds. The minimum atomic E-state index is -4.46. The summed E-state index contributed by atoms with van der Waals surface area (Å²) in [5, 5.41) is 8.58. The monoisotopic (exact) mass is 302 g/mol. The molecule has 4 N–H and O–H groups in total. The first kappa shape index (κ1) is 22.0. The number of carbonyl (C=O) groups is 1. The average molecular weight is 302 g/mol. The van der Waals surface area contributed by atoms with E-state index in [4.69, 9.17) is 5.11 Å². The van der Waals surface area contributed by atoms with E-state index in [9.17, 15) is 18.0 Å². The fraction of sp³-hybridized carbons (Fsp3) is 0.455. The van der Waals surface area contributed by atoms with E-state index < -0.39 is 17.8 Å². The van der Waals surface area contributed by atoms with Crippen molar-refractivity contribution in [2.45, 2.75) is 12.6 Å². The molecule has 1 aromatic heterocycles. The Morgan fingerprint density at radius 3 is 2.48 bits per heavy atom. The summed E-state index contributed by atoms with van der Waals surface area (Å²) in [4.78, 5) is 15.4. The van der Waals surface area contributed by atoms with Crippen molar-refractivity contribution in [2.24, 2.45) is 5.92 Å². The maximum Gasteiger partial charge on any atom is 1.00 e. The number of nitrogens with zero attached hydrogens (tertiary/aromatic N) is 2. The molecular formula is C11H14F3LiN2O4. The first-order valence-corrected chi connectivity index (χ1v) is 5.36. The van der Waals surface area contributed by atoms with Gasteiger partial charge in [0.25, 0.3) is 0 Å². The van der Waals surface area contributed by atoms with Gasteiger partial charge < -0.3 is 21.0 Å². The number of hydrogen-bond donors (Lipinski definition) is 1. The zero-order valence-corrected chi connectivity index (χ0v) is 11.3. The summed E-state index contributed by atoms with van der Waals surface area (Å²) in [6.07, 6.45) is -3.29. The predicted molar refractivity (Wildman–Crippen MR) is 62.7 cm³/mol. The molecule has 6 nitrogen and oxygen atoms in total. The van der Waals surface area contributed by atoms with Crippen LogP contribution in [0.25, 0.3) is 0 Å². The van der Waals surface area contributed by atoms with Crippen LogP contribution in [0.4, 0.5) is 18.9 Å². The number of pyridine rings is 1. The van der Waals surface area contributed by atoms with E-state index in [0.717, 1.165) is 12.3 Å². The van der Waals surface area contributed by atoms with Crippen LogP contribution in [0.3, 0.4) is 0 Å². The van der Waals surface area contributed by atoms with Crippen LogP contribution in [0.5, 0.6) is 0 Å². The van der Waals surface area contributed by atoms with Crippen molar-refractivity contribution in [3.05, 3.63) is 24.0 Å². The molecule has 1 aromatic rings. The van der Waals surface area contributed by atoms with E-state index in [1.54, 1.807) is 4.90 Å². The fourth-order valence-electron chi connectivity index (χ4n) is 1.93. The topological polar surface area (TPSA) is 115 Å². The van der Waals surface area contributed by atoms with Gasteiger partial charge in [-0.3, -0.25) is 9.78 Å². The van der Waals surface area contributed by atoms with Gasteiger partial charge in [-0.25, -0.2) is 0 Å². The molecule has 2 rings (SSSR count). The van der Waals surface area contributed by atoms with E-state index >= 15 is 0 Å². The zero-order chi connectivity index (χ0) is 13.3. The standard InChI is InChI=1S/C11H11F3N2O2.Li.2H2O/c12-11(13,14)9-4-8(1-2-15-9)16-5-7(6-16)3-10(17)18;;;/h1-2,4,7H,3,5-6H2,(H,17,18);;2*1H2/q;+1;;/p-1. The van der Waals surface area contributed by atoms with Crippen LogP contribution in [0.15, 0.2) is 18.3 Å². The zero-order valence-electron chi connectivity index (χ0n) is 11.3. The number of aromatic nitrogens is 1. The minimum Gasteiger partial charge on any atom is -0.870 e. The number of carboxylic acid groups (broad SMARTS) is 1. The summed E-state index contributed by atoms with van der Waals surface area (Å²) in [5.74, 6) is -0.879. The number of carboxylic acids is 1. The molecule has 21 heavy (non-hydrogen) atoms. The van der Waals surface area contributed by atoms with Crippen molar-refractivity contribution in [1.82, 2.24) is 4.98 Å². The summed E-state index contributed by atoms with van der Waals surface area (Å²) in [5.41, 5.74) is -0.499. The molecule has 0 saturated carbocycles. The summed E-state index contributed by atoms with van der Waals surface area (Å²) in [6.45, 7) is 0.932. The Kier molecular flexibility index (Phi) is 8.64. The Balaban J connectivity index is 0. The van der Waals surface area contributed by atoms with Crippen LogP contribution in [-0.2, 0) is 11.0 Å². The third-order valence-electron chi connectivity index (χ3n) is 2.82. The number of alkyl halides is 3. The second kappa shape index (κ2) is 8.24. The molecule has 0 aliphatic carbocycles. The van der Waals surface area contributed by atoms with Gasteiger partial charge in [-0.05, 0) is 12.1 Å². The maximum atomic E-state index is 12.4. The molecule has 2 heterocycles. The van der Waals surface area contributed by atoms with Crippen LogP contribution in [-0.4, -0.2) is 40.1 Å². The van der Waals surface area contributed by atoms with Gasteiger partial charge in [-0.15, -0.1) is 0 Å². The maximum absolute atomic E-state index is 12.4. The minimum absolute atomic E-state index is 0. The van der Waals surface area contributed by atoms with Gasteiger partial charge in [0.15, 0.2) is 0 Å². The van der Waals surface area contributed by atoms with Gasteiger partial charge in [0.1, 0.15) is 5.69 Å². The van der Waals surface area contributed by atoms with Crippen molar-refractivity contribution in [1.29, 1.82) is 0 Å². The summed E-state index contributed by atoms with van der Waals surface area (Å²) >= 11 is 0. The third kappa shape index (κ3) is 5.55. The Morgan fingerprint density at radius 1 is 1.43 bits per heavy atom. The number of aliphatic carboxylic acids is 1. The van der Waals surface area contributed by atoms with Crippen molar-refractivity contribution >= 4 is 11.7 Å². The van der Waals surface area contributed by atoms with Crippen LogP contribution >= 0.6 is 0 Å². The molecule has 0 aromatic carbocycles. The fourth-order valence-corrected chi connectivity index (χ4v) is 1.93. The molecule has 1 aliphatic rings. The van der Waals surface area contributed by atoms with E-state index in [0.29, 0.717) is 18.8 Å². The molecule has 0 atom stereocenters. The van der Waals surface area contributed by atoms with E-state index in [1.807, 2.05) is 0 Å². The first-order valence-electron chi connectivity index (χ1n) is 5.36. The van der Waals surface area contributed by atoms with Gasteiger partial charge in [-0.2, -0.15) is 13.2 Å². The van der Waals surface area contributed by atoms with Crippen molar-refractivity contribution in [3.63, 3.8) is 0 Å². The van der Waals surface area contributed by atoms with Crippen molar-refractivity contribution < 1.29 is 52.9 Å². The molecule has 1 fully saturated rings. The summed E-state index contributed by atoms with van der Waals surface area (Å²) < 4.78 is 37.3. The Labute approximate surface area is 130 Å². The van der Waals surface area contributed by atoms with Gasteiger partial charge in [-0.1, -0.05) is 0 Å². The van der Waals surface area contributed by atoms with Crippen LogP contribution in [0.1, 0.15) is 12.1 Å². The smallest absolute Gasteiger partial charge is 0.870 e. The number of hydrogen-bond acceptors (Lipinski definition) is 4. The number of anilines is 1. The molecule has 0 radical (unpaired) electrons. The van der Waals surface area contributed by atoms with E-state index in [-0.39, 0.29) is 42.2 Å². The predicted octanol–water partition coefficient (Wildman–Crippen LogP) is -1.99. The van der Waals surface area contributed by atoms with Gasteiger partial charge in [0.2, 0.25) is 0 Å². The molecule has 0 unspecified atom stereocenters. The summed E-state index contributed by atoms with van der Waals surface area (Å²) in [6, 6.07) is 2.48. The normalized spacial score (nSPS) is 14.1. The molecular weight excluding hydrogens is 288 g/mol. The van der Waals surface area contributed by atoms with Crippen LogP contribution in [0, 0.1) is 5.92 Å². The Hall–Kier alpha value is -1.27. The number of halogens is 3. The Bertz CT molecular complexity index is 467. The van der Waals surface area contributed by atoms with E-state index in [2.05, 4.69) is 4.98 Å². The van der Waals surface area contributed by atoms with Crippen LogP contribution in [0.2, 0.25) is 0 Å². The molecule has 0 spiro atoms. The molecule has 1 saturated heterocycles. The summed E-state index contributed by atoms with van der Waals surface area (Å²) in [7, 11) is 0. The van der Waals surface area contributed by atoms with Gasteiger partial charge in [0, 0.05) is 30.9 Å². The Morgan fingerprint density at radius 2 is 2.00 bits per heavy atom. The number of rotatable bonds is 3. The molecule has 0 bridgehead atoms. The van der Waals surface area contributed by atoms with Gasteiger partial charge >= 0.3 is 31.0 Å². The third-order valence-corrected chi connectivity index (χ3v) is 2.82. The SMILES string of the molecule is O.O=C(O)CC1CN(c2ccnc(C(F)(F)F)c2)C1.[Li+].[OH-]. The van der Waals surface area contributed by atoms with Gasteiger partial charge in [0.05, 0.1) is 6.42 Å². The second-order valence-electron chi connectivity index (χ2n) is 4.27. The first-order chi connectivity index (χ1) is 8.36. The molecule has 114 valence electrons. The quantitative estimate of drug-likeness (QED) is 0.649. The molecule has 10 heteroatoms. The van der Waals surface area contributed by atoms with Crippen molar-refractivity contribution in [2.75, 3.05) is 18.0 Å².